The number of nitrogens with zero attached hydrogens (tertiary/aromatic N) is 2. The van der Waals surface area contributed by atoms with E-state index in [4.69, 9.17) is 94.9 Å². The molecule has 5 nitrogen and oxygen atoms in total. The van der Waals surface area contributed by atoms with E-state index >= 15 is 0 Å². The lowest BCUT2D eigenvalue weighted by Crippen LogP contribution is -1.96. The number of rotatable bonds is 5. The third-order valence-electron chi connectivity index (χ3n) is 4.00. The Hall–Kier alpha value is -1.31. The Morgan fingerprint density at radius 3 is 2.16 bits per heavy atom. The van der Waals surface area contributed by atoms with Crippen molar-refractivity contribution < 1.29 is 13.7 Å². The minimum Gasteiger partial charge on any atom is -0.482 e. The molecular formula is C19H7Cl7N2O3. The SMILES string of the molecule is Clc1ccc(-c2noc(-c3ccc(COc4c(Cl)c(Cl)c(Cl)c(Cl)c4Cl)o3)n2)c(Cl)c1. The highest BCUT2D eigenvalue weighted by atomic mass is 35.5. The summed E-state index contributed by atoms with van der Waals surface area (Å²) in [6, 6.07) is 8.26. The van der Waals surface area contributed by atoms with Gasteiger partial charge in [-0.15, -0.1) is 0 Å². The molecule has 0 aliphatic rings. The van der Waals surface area contributed by atoms with Gasteiger partial charge in [0.1, 0.15) is 22.4 Å². The van der Waals surface area contributed by atoms with E-state index in [-0.39, 0.29) is 49.2 Å². The molecule has 0 aliphatic heterocycles. The fourth-order valence-electron chi connectivity index (χ4n) is 2.53. The zero-order valence-electron chi connectivity index (χ0n) is 14.9. The van der Waals surface area contributed by atoms with Crippen LogP contribution in [0.15, 0.2) is 39.3 Å². The normalized spacial score (nSPS) is 11.2. The number of halogens is 7. The van der Waals surface area contributed by atoms with Gasteiger partial charge in [-0.3, -0.25) is 0 Å². The van der Waals surface area contributed by atoms with Gasteiger partial charge in [-0.25, -0.2) is 0 Å². The molecule has 4 rings (SSSR count). The van der Waals surface area contributed by atoms with Crippen LogP contribution in [0.1, 0.15) is 5.76 Å². The molecule has 0 saturated heterocycles. The summed E-state index contributed by atoms with van der Waals surface area (Å²) >= 11 is 42.5. The first-order chi connectivity index (χ1) is 14.8. The third-order valence-corrected chi connectivity index (χ3v) is 6.79. The predicted octanol–water partition coefficient (Wildman–Crippen LogP) is 9.15. The Balaban J connectivity index is 1.53. The van der Waals surface area contributed by atoms with Gasteiger partial charge in [0.25, 0.3) is 5.89 Å². The fraction of sp³-hybridized carbons (Fsp3) is 0.0526. The second-order valence-corrected chi connectivity index (χ2v) is 8.73. The number of aromatic nitrogens is 2. The van der Waals surface area contributed by atoms with Crippen LogP contribution < -0.4 is 4.74 Å². The molecule has 0 bridgehead atoms. The van der Waals surface area contributed by atoms with Gasteiger partial charge in [-0.2, -0.15) is 4.98 Å². The Kier molecular flexibility index (Phi) is 6.85. The average molecular weight is 559 g/mol. The standard InChI is InChI=1S/C19H7Cl7N2O3/c20-7-1-3-9(10(21)5-7)18-27-19(31-28-18)11-4-2-8(30-11)6-29-17-15(25)13(23)12(22)14(24)16(17)26/h1-5H,6H2. The van der Waals surface area contributed by atoms with E-state index in [1.54, 1.807) is 30.3 Å². The smallest absolute Gasteiger partial charge is 0.293 e. The van der Waals surface area contributed by atoms with Gasteiger partial charge < -0.3 is 13.7 Å². The van der Waals surface area contributed by atoms with Crippen molar-refractivity contribution in [3.63, 3.8) is 0 Å². The summed E-state index contributed by atoms with van der Waals surface area (Å²) in [5, 5.41) is 5.00. The third kappa shape index (κ3) is 4.60. The first-order valence-electron chi connectivity index (χ1n) is 8.28. The maximum absolute atomic E-state index is 6.19. The van der Waals surface area contributed by atoms with Gasteiger partial charge in [-0.1, -0.05) is 86.4 Å². The van der Waals surface area contributed by atoms with E-state index in [9.17, 15) is 0 Å². The Morgan fingerprint density at radius 1 is 0.806 bits per heavy atom. The monoisotopic (exact) mass is 556 g/mol. The first kappa shape index (κ1) is 22.9. The quantitative estimate of drug-likeness (QED) is 0.180. The van der Waals surface area contributed by atoms with Gasteiger partial charge >= 0.3 is 0 Å². The van der Waals surface area contributed by atoms with Gasteiger partial charge in [0.05, 0.1) is 20.1 Å². The van der Waals surface area contributed by atoms with Gasteiger partial charge in [-0.05, 0) is 30.3 Å². The van der Waals surface area contributed by atoms with Crippen LogP contribution in [0, 0.1) is 0 Å². The molecule has 2 aromatic carbocycles. The highest BCUT2D eigenvalue weighted by Crippen LogP contribution is 2.48. The largest absolute Gasteiger partial charge is 0.482 e. The minimum atomic E-state index is -0.0300. The summed E-state index contributed by atoms with van der Waals surface area (Å²) in [6.45, 7) is -0.0300. The summed E-state index contributed by atoms with van der Waals surface area (Å²) in [5.74, 6) is 1.27. The van der Waals surface area contributed by atoms with Crippen molar-refractivity contribution in [1.29, 1.82) is 0 Å². The van der Waals surface area contributed by atoms with Crippen LogP contribution in [0.2, 0.25) is 35.2 Å². The van der Waals surface area contributed by atoms with Crippen LogP contribution >= 0.6 is 81.2 Å². The van der Waals surface area contributed by atoms with Crippen molar-refractivity contribution >= 4 is 81.2 Å². The number of ether oxygens (including phenoxy) is 1. The lowest BCUT2D eigenvalue weighted by atomic mass is 10.2. The molecule has 0 unspecified atom stereocenters. The molecule has 2 aromatic heterocycles. The van der Waals surface area contributed by atoms with Crippen LogP contribution in [0.4, 0.5) is 0 Å². The van der Waals surface area contributed by atoms with Crippen LogP contribution in [-0.2, 0) is 6.61 Å². The summed E-state index contributed by atoms with van der Waals surface area (Å²) in [6.07, 6.45) is 0. The second kappa shape index (κ2) is 9.28. The van der Waals surface area contributed by atoms with Crippen molar-refractivity contribution in [2.45, 2.75) is 6.61 Å². The molecule has 0 N–H and O–H groups in total. The summed E-state index contributed by atoms with van der Waals surface area (Å²) in [4.78, 5) is 4.30. The highest BCUT2D eigenvalue weighted by molar-refractivity contribution is 6.55. The Labute approximate surface area is 210 Å². The summed E-state index contributed by atoms with van der Waals surface area (Å²) < 4.78 is 16.6. The van der Waals surface area contributed by atoms with Crippen molar-refractivity contribution in [2.75, 3.05) is 0 Å². The topological polar surface area (TPSA) is 61.3 Å². The fourth-order valence-corrected chi connectivity index (χ4v) is 4.25. The van der Waals surface area contributed by atoms with E-state index in [0.717, 1.165) is 0 Å². The number of benzene rings is 2. The number of hydrogen-bond acceptors (Lipinski definition) is 5. The second-order valence-electron chi connectivity index (χ2n) is 6.00. The molecular weight excluding hydrogens is 552 g/mol. The molecule has 12 heteroatoms. The van der Waals surface area contributed by atoms with Crippen LogP contribution in [-0.4, -0.2) is 10.1 Å². The van der Waals surface area contributed by atoms with E-state index in [1.807, 2.05) is 0 Å². The van der Waals surface area contributed by atoms with E-state index in [1.165, 1.54) is 0 Å². The van der Waals surface area contributed by atoms with Gasteiger partial charge in [0.15, 0.2) is 11.5 Å². The van der Waals surface area contributed by atoms with E-state index < -0.39 is 0 Å². The van der Waals surface area contributed by atoms with Crippen molar-refractivity contribution in [3.8, 4) is 28.8 Å². The average Bonchev–Trinajstić information content (AvgIpc) is 3.40. The molecule has 0 radical (unpaired) electrons. The molecule has 0 atom stereocenters. The number of furan rings is 1. The predicted molar refractivity (Wildman–Crippen MR) is 123 cm³/mol. The van der Waals surface area contributed by atoms with E-state index in [2.05, 4.69) is 10.1 Å². The molecule has 31 heavy (non-hydrogen) atoms. The zero-order valence-corrected chi connectivity index (χ0v) is 20.2. The Morgan fingerprint density at radius 2 is 1.48 bits per heavy atom. The molecule has 2 heterocycles. The minimum absolute atomic E-state index is 0.0300. The maximum Gasteiger partial charge on any atom is 0.293 e. The van der Waals surface area contributed by atoms with Crippen LogP contribution in [0.3, 0.4) is 0 Å². The van der Waals surface area contributed by atoms with Crippen LogP contribution in [0.5, 0.6) is 5.75 Å². The summed E-state index contributed by atoms with van der Waals surface area (Å²) in [5.41, 5.74) is 0.567. The summed E-state index contributed by atoms with van der Waals surface area (Å²) in [7, 11) is 0. The molecule has 4 aromatic rings. The number of hydrogen-bond donors (Lipinski definition) is 0. The molecule has 0 aliphatic carbocycles. The molecule has 0 fully saturated rings. The van der Waals surface area contributed by atoms with Crippen LogP contribution in [0.25, 0.3) is 23.0 Å². The van der Waals surface area contributed by atoms with Crippen molar-refractivity contribution in [2.24, 2.45) is 0 Å². The van der Waals surface area contributed by atoms with Crippen molar-refractivity contribution in [1.82, 2.24) is 10.1 Å². The molecule has 0 spiro atoms. The highest BCUT2D eigenvalue weighted by Gasteiger charge is 2.21. The van der Waals surface area contributed by atoms with Crippen molar-refractivity contribution in [3.05, 3.63) is 71.3 Å². The van der Waals surface area contributed by atoms with Gasteiger partial charge in [0.2, 0.25) is 5.82 Å². The zero-order chi connectivity index (χ0) is 22.3. The Bertz CT molecular complexity index is 1260. The lowest BCUT2D eigenvalue weighted by Gasteiger charge is -2.12. The van der Waals surface area contributed by atoms with E-state index in [0.29, 0.717) is 27.1 Å². The molecule has 0 saturated carbocycles. The molecule has 0 amide bonds. The maximum atomic E-state index is 6.19. The molecule has 160 valence electrons. The lowest BCUT2D eigenvalue weighted by molar-refractivity contribution is 0.271. The first-order valence-corrected chi connectivity index (χ1v) is 10.9. The van der Waals surface area contributed by atoms with Gasteiger partial charge in [0, 0.05) is 10.6 Å².